The first-order valence-electron chi connectivity index (χ1n) is 7.76. The number of anilines is 1. The minimum absolute atomic E-state index is 0.00785. The Morgan fingerprint density at radius 2 is 2.00 bits per heavy atom. The number of nitrogens with zero attached hydrogens (tertiary/aromatic N) is 3. The summed E-state index contributed by atoms with van der Waals surface area (Å²) in [6.45, 7) is 1.54. The predicted octanol–water partition coefficient (Wildman–Crippen LogP) is 3.09. The Morgan fingerprint density at radius 1 is 1.25 bits per heavy atom. The molecule has 1 aromatic heterocycles. The normalized spacial score (nSPS) is 16.5. The highest BCUT2D eigenvalue weighted by atomic mass is 19.4. The van der Waals surface area contributed by atoms with Crippen molar-refractivity contribution >= 4 is 17.6 Å². The first kappa shape index (κ1) is 19.0. The molecule has 3 rings (SSSR count). The molecule has 1 saturated heterocycles. The molecule has 2 aromatic rings. The molecule has 0 aliphatic carbocycles. The molecule has 2 heterocycles. The largest absolute Gasteiger partial charge is 0.573 e. The van der Waals surface area contributed by atoms with Crippen molar-refractivity contribution in [2.24, 2.45) is 0 Å². The van der Waals surface area contributed by atoms with Crippen LogP contribution in [0.25, 0.3) is 0 Å². The molecule has 144 valence electrons. The molecule has 1 atom stereocenters. The van der Waals surface area contributed by atoms with Gasteiger partial charge in [0.05, 0.1) is 17.4 Å². The third-order valence-corrected chi connectivity index (χ3v) is 3.63. The number of carbonyl (C=O) groups excluding carboxylic acids is 2. The number of aromatic nitrogens is 1. The van der Waals surface area contributed by atoms with Crippen molar-refractivity contribution in [3.05, 3.63) is 42.1 Å². The summed E-state index contributed by atoms with van der Waals surface area (Å²) in [5.41, 5.74) is -0.110. The Kier molecular flexibility index (Phi) is 4.79. The minimum Gasteiger partial charge on any atom is -0.439 e. The van der Waals surface area contributed by atoms with Gasteiger partial charge in [-0.3, -0.25) is 4.79 Å². The van der Waals surface area contributed by atoms with E-state index in [9.17, 15) is 22.8 Å². The number of rotatable bonds is 4. The van der Waals surface area contributed by atoms with Gasteiger partial charge < -0.3 is 14.8 Å². The summed E-state index contributed by atoms with van der Waals surface area (Å²) < 4.78 is 46.5. The van der Waals surface area contributed by atoms with Gasteiger partial charge in [-0.25, -0.2) is 14.7 Å². The van der Waals surface area contributed by atoms with E-state index >= 15 is 0 Å². The molecule has 11 heteroatoms. The lowest BCUT2D eigenvalue weighted by Gasteiger charge is -2.13. The average molecular weight is 392 g/mol. The molecular weight excluding hydrogens is 381 g/mol. The van der Waals surface area contributed by atoms with Crippen molar-refractivity contribution in [3.8, 4) is 23.4 Å². The van der Waals surface area contributed by atoms with Crippen LogP contribution in [0, 0.1) is 11.3 Å². The van der Waals surface area contributed by atoms with Gasteiger partial charge >= 0.3 is 12.4 Å². The van der Waals surface area contributed by atoms with Gasteiger partial charge in [0, 0.05) is 12.1 Å². The molecule has 8 nitrogen and oxygen atoms in total. The number of nitriles is 1. The van der Waals surface area contributed by atoms with Gasteiger partial charge in [0.15, 0.2) is 5.75 Å². The van der Waals surface area contributed by atoms with E-state index in [4.69, 9.17) is 10.00 Å². The van der Waals surface area contributed by atoms with Crippen LogP contribution >= 0.6 is 0 Å². The van der Waals surface area contributed by atoms with Crippen LogP contribution in [-0.4, -0.2) is 29.3 Å². The number of halogens is 3. The number of urea groups is 1. The summed E-state index contributed by atoms with van der Waals surface area (Å²) >= 11 is 0. The highest BCUT2D eigenvalue weighted by Gasteiger charge is 2.36. The standard InChI is InChI=1S/C17H11F3N4O4/c1-9-15(25)24(16(26)23-9)11-3-5-14(22-8-11)27-12-4-2-10(7-21)13(6-12)28-17(18,19)20/h2-6,8-9H,1H3,(H,23,26)/t9-/m0/s1. The molecule has 28 heavy (non-hydrogen) atoms. The van der Waals surface area contributed by atoms with Crippen LogP contribution in [0.3, 0.4) is 0 Å². The van der Waals surface area contributed by atoms with E-state index in [0.29, 0.717) is 0 Å². The fraction of sp³-hybridized carbons (Fsp3) is 0.176. The molecule has 1 aromatic carbocycles. The Labute approximate surface area is 156 Å². The van der Waals surface area contributed by atoms with E-state index in [0.717, 1.165) is 17.0 Å². The summed E-state index contributed by atoms with van der Waals surface area (Å²) in [5, 5.41) is 11.3. The van der Waals surface area contributed by atoms with Gasteiger partial charge in [0.2, 0.25) is 5.88 Å². The summed E-state index contributed by atoms with van der Waals surface area (Å²) in [4.78, 5) is 28.6. The van der Waals surface area contributed by atoms with E-state index in [1.807, 2.05) is 0 Å². The Bertz CT molecular complexity index is 970. The van der Waals surface area contributed by atoms with Crippen LogP contribution < -0.4 is 19.7 Å². The van der Waals surface area contributed by atoms with Gasteiger partial charge in [0.1, 0.15) is 17.9 Å². The number of benzene rings is 1. The molecule has 1 aliphatic heterocycles. The number of carbonyl (C=O) groups is 2. The molecule has 0 radical (unpaired) electrons. The number of imide groups is 1. The fourth-order valence-electron chi connectivity index (χ4n) is 2.40. The van der Waals surface area contributed by atoms with E-state index in [1.54, 1.807) is 6.07 Å². The molecule has 0 bridgehead atoms. The van der Waals surface area contributed by atoms with Crippen LogP contribution in [0.5, 0.6) is 17.4 Å². The number of ether oxygens (including phenoxy) is 2. The maximum absolute atomic E-state index is 12.4. The van der Waals surface area contributed by atoms with E-state index in [1.165, 1.54) is 31.3 Å². The van der Waals surface area contributed by atoms with Crippen molar-refractivity contribution in [1.82, 2.24) is 10.3 Å². The molecule has 3 amide bonds. The molecule has 0 unspecified atom stereocenters. The van der Waals surface area contributed by atoms with Crippen LogP contribution in [0.4, 0.5) is 23.7 Å². The highest BCUT2D eigenvalue weighted by molar-refractivity contribution is 6.21. The lowest BCUT2D eigenvalue weighted by molar-refractivity contribution is -0.274. The van der Waals surface area contributed by atoms with Crippen LogP contribution in [0.15, 0.2) is 36.5 Å². The number of hydrogen-bond donors (Lipinski definition) is 1. The number of nitrogens with one attached hydrogen (secondary N) is 1. The summed E-state index contributed by atoms with van der Waals surface area (Å²) in [6, 6.07) is 6.36. The Hall–Kier alpha value is -3.81. The first-order valence-corrected chi connectivity index (χ1v) is 7.76. The lowest BCUT2D eigenvalue weighted by Crippen LogP contribution is -2.30. The SMILES string of the molecule is C[C@@H]1NC(=O)N(c2ccc(Oc3ccc(C#N)c(OC(F)(F)F)c3)nc2)C1=O. The smallest absolute Gasteiger partial charge is 0.439 e. The minimum atomic E-state index is -4.97. The zero-order chi connectivity index (χ0) is 20.5. The van der Waals surface area contributed by atoms with Crippen molar-refractivity contribution in [2.75, 3.05) is 4.90 Å². The molecule has 0 spiro atoms. The molecule has 1 aliphatic rings. The maximum Gasteiger partial charge on any atom is 0.573 e. The fourth-order valence-corrected chi connectivity index (χ4v) is 2.40. The van der Waals surface area contributed by atoms with Crippen molar-refractivity contribution in [2.45, 2.75) is 19.3 Å². The number of pyridine rings is 1. The van der Waals surface area contributed by atoms with Crippen LogP contribution in [0.1, 0.15) is 12.5 Å². The Balaban J connectivity index is 1.79. The zero-order valence-corrected chi connectivity index (χ0v) is 14.1. The first-order chi connectivity index (χ1) is 13.2. The van der Waals surface area contributed by atoms with Crippen molar-refractivity contribution < 1.29 is 32.2 Å². The van der Waals surface area contributed by atoms with Gasteiger partial charge in [-0.1, -0.05) is 0 Å². The topological polar surface area (TPSA) is 105 Å². The molecule has 1 fully saturated rings. The van der Waals surface area contributed by atoms with E-state index in [-0.39, 0.29) is 22.9 Å². The van der Waals surface area contributed by atoms with Gasteiger partial charge in [-0.15, -0.1) is 13.2 Å². The Morgan fingerprint density at radius 3 is 2.54 bits per heavy atom. The lowest BCUT2D eigenvalue weighted by atomic mass is 10.2. The van der Waals surface area contributed by atoms with Crippen LogP contribution in [0.2, 0.25) is 0 Å². The van der Waals surface area contributed by atoms with Gasteiger partial charge in [0.25, 0.3) is 5.91 Å². The predicted molar refractivity (Wildman–Crippen MR) is 87.6 cm³/mol. The second kappa shape index (κ2) is 7.07. The third kappa shape index (κ3) is 3.96. The second-order valence-electron chi connectivity index (χ2n) is 5.62. The highest BCUT2D eigenvalue weighted by Crippen LogP contribution is 2.32. The number of amides is 3. The van der Waals surface area contributed by atoms with Gasteiger partial charge in [-0.05, 0) is 25.1 Å². The van der Waals surface area contributed by atoms with Gasteiger partial charge in [-0.2, -0.15) is 5.26 Å². The average Bonchev–Trinajstić information content (AvgIpc) is 2.87. The molecule has 0 saturated carbocycles. The number of hydrogen-bond acceptors (Lipinski definition) is 6. The van der Waals surface area contributed by atoms with E-state index in [2.05, 4.69) is 15.0 Å². The van der Waals surface area contributed by atoms with Crippen molar-refractivity contribution in [1.29, 1.82) is 5.26 Å². The maximum atomic E-state index is 12.4. The summed E-state index contributed by atoms with van der Waals surface area (Å²) in [7, 11) is 0. The summed E-state index contributed by atoms with van der Waals surface area (Å²) in [5.74, 6) is -1.22. The quantitative estimate of drug-likeness (QED) is 0.802. The van der Waals surface area contributed by atoms with Crippen molar-refractivity contribution in [3.63, 3.8) is 0 Å². The zero-order valence-electron chi connectivity index (χ0n) is 14.1. The van der Waals surface area contributed by atoms with E-state index < -0.39 is 30.1 Å². The molecular formula is C17H11F3N4O4. The molecule has 1 N–H and O–H groups in total. The van der Waals surface area contributed by atoms with Crippen LogP contribution in [-0.2, 0) is 4.79 Å². The third-order valence-electron chi connectivity index (χ3n) is 3.63. The second-order valence-corrected chi connectivity index (χ2v) is 5.62. The summed E-state index contributed by atoms with van der Waals surface area (Å²) in [6.07, 6.45) is -3.76. The number of alkyl halides is 3. The monoisotopic (exact) mass is 392 g/mol.